The van der Waals surface area contributed by atoms with Gasteiger partial charge in [-0.1, -0.05) is 57.7 Å². The molecule has 0 heterocycles. The normalized spacial score (nSPS) is 14.8. The van der Waals surface area contributed by atoms with E-state index in [0.717, 1.165) is 23.8 Å². The summed E-state index contributed by atoms with van der Waals surface area (Å²) in [7, 11) is 0. The van der Waals surface area contributed by atoms with Crippen molar-refractivity contribution in [1.82, 2.24) is 0 Å². The van der Waals surface area contributed by atoms with Gasteiger partial charge in [-0.05, 0) is 18.8 Å². The van der Waals surface area contributed by atoms with E-state index in [0.29, 0.717) is 0 Å². The molecule has 1 atom stereocenters. The summed E-state index contributed by atoms with van der Waals surface area (Å²) < 4.78 is 0. The fraction of sp³-hybridized carbons (Fsp3) is 0.818. The zero-order chi connectivity index (χ0) is 9.40. The third kappa shape index (κ3) is 5.65. The average Bonchev–Trinajstić information content (AvgIpc) is 2.04. The van der Waals surface area contributed by atoms with Crippen LogP contribution in [0.2, 0.25) is 0 Å². The van der Waals surface area contributed by atoms with Crippen LogP contribution in [0.3, 0.4) is 0 Å². The molecule has 0 spiro atoms. The second-order valence-electron chi connectivity index (χ2n) is 3.33. The van der Waals surface area contributed by atoms with Crippen molar-refractivity contribution in [3.8, 4) is 0 Å². The molecule has 1 heteroatoms. The van der Waals surface area contributed by atoms with E-state index < -0.39 is 0 Å². The van der Waals surface area contributed by atoms with E-state index in [2.05, 4.69) is 26.8 Å². The third-order valence-electron chi connectivity index (χ3n) is 2.18. The SMILES string of the molecule is CC/C=C(/Cl)CC(CC)CCC. The highest BCUT2D eigenvalue weighted by atomic mass is 35.5. The Bertz CT molecular complexity index is 127. The number of allylic oxidation sites excluding steroid dienone is 2. The van der Waals surface area contributed by atoms with E-state index >= 15 is 0 Å². The van der Waals surface area contributed by atoms with Gasteiger partial charge in [0, 0.05) is 5.03 Å². The lowest BCUT2D eigenvalue weighted by molar-refractivity contribution is 0.467. The molecule has 0 radical (unpaired) electrons. The van der Waals surface area contributed by atoms with Gasteiger partial charge < -0.3 is 0 Å². The van der Waals surface area contributed by atoms with Crippen LogP contribution in [-0.4, -0.2) is 0 Å². The van der Waals surface area contributed by atoms with Gasteiger partial charge in [-0.25, -0.2) is 0 Å². The van der Waals surface area contributed by atoms with Gasteiger partial charge in [0.1, 0.15) is 0 Å². The van der Waals surface area contributed by atoms with E-state index in [1.165, 1.54) is 19.3 Å². The minimum atomic E-state index is 0.797. The lowest BCUT2D eigenvalue weighted by Crippen LogP contribution is -1.97. The van der Waals surface area contributed by atoms with E-state index in [-0.39, 0.29) is 0 Å². The van der Waals surface area contributed by atoms with Crippen LogP contribution >= 0.6 is 11.6 Å². The van der Waals surface area contributed by atoms with Gasteiger partial charge >= 0.3 is 0 Å². The van der Waals surface area contributed by atoms with Gasteiger partial charge in [-0.2, -0.15) is 0 Å². The van der Waals surface area contributed by atoms with Crippen molar-refractivity contribution in [3.05, 3.63) is 11.1 Å². The van der Waals surface area contributed by atoms with Crippen molar-refractivity contribution in [2.24, 2.45) is 5.92 Å². The molecule has 0 aromatic carbocycles. The summed E-state index contributed by atoms with van der Waals surface area (Å²) in [6.07, 6.45) is 8.10. The van der Waals surface area contributed by atoms with Crippen molar-refractivity contribution in [2.75, 3.05) is 0 Å². The van der Waals surface area contributed by atoms with Gasteiger partial charge in [-0.3, -0.25) is 0 Å². The Morgan fingerprint density at radius 3 is 2.42 bits per heavy atom. The third-order valence-corrected chi connectivity index (χ3v) is 2.49. The minimum absolute atomic E-state index is 0.797. The van der Waals surface area contributed by atoms with Gasteiger partial charge in [0.05, 0.1) is 0 Å². The molecule has 0 saturated heterocycles. The van der Waals surface area contributed by atoms with Crippen molar-refractivity contribution in [1.29, 1.82) is 0 Å². The summed E-state index contributed by atoms with van der Waals surface area (Å²) in [4.78, 5) is 0. The van der Waals surface area contributed by atoms with Crippen LogP contribution in [0, 0.1) is 5.92 Å². The highest BCUT2D eigenvalue weighted by Gasteiger charge is 2.05. The highest BCUT2D eigenvalue weighted by Crippen LogP contribution is 2.22. The van der Waals surface area contributed by atoms with E-state index in [1.807, 2.05) is 0 Å². The first-order chi connectivity index (χ1) is 5.74. The van der Waals surface area contributed by atoms with Gasteiger partial charge in [0.2, 0.25) is 0 Å². The second-order valence-corrected chi connectivity index (χ2v) is 3.81. The zero-order valence-corrected chi connectivity index (χ0v) is 9.32. The highest BCUT2D eigenvalue weighted by molar-refractivity contribution is 6.29. The number of rotatable bonds is 6. The standard InChI is InChI=1S/C11H21Cl/c1-4-7-10(6-3)9-11(12)8-5-2/h8,10H,4-7,9H2,1-3H3/b11-8+. The van der Waals surface area contributed by atoms with Crippen molar-refractivity contribution in [2.45, 2.75) is 52.9 Å². The molecule has 0 amide bonds. The van der Waals surface area contributed by atoms with Crippen molar-refractivity contribution < 1.29 is 0 Å². The molecule has 0 aliphatic rings. The summed E-state index contributed by atoms with van der Waals surface area (Å²) >= 11 is 6.05. The van der Waals surface area contributed by atoms with Crippen molar-refractivity contribution >= 4 is 11.6 Å². The summed E-state index contributed by atoms with van der Waals surface area (Å²) in [6, 6.07) is 0. The maximum Gasteiger partial charge on any atom is 0.0143 e. The first-order valence-electron chi connectivity index (χ1n) is 5.09. The molecule has 0 aromatic heterocycles. The number of halogens is 1. The quantitative estimate of drug-likeness (QED) is 0.565. The van der Waals surface area contributed by atoms with Crippen LogP contribution in [0.15, 0.2) is 11.1 Å². The topological polar surface area (TPSA) is 0 Å². The predicted molar refractivity (Wildman–Crippen MR) is 57.5 cm³/mol. The molecule has 0 aliphatic carbocycles. The summed E-state index contributed by atoms with van der Waals surface area (Å²) in [5.74, 6) is 0.797. The van der Waals surface area contributed by atoms with Crippen LogP contribution in [0.5, 0.6) is 0 Å². The van der Waals surface area contributed by atoms with Crippen LogP contribution < -0.4 is 0 Å². The molecule has 1 unspecified atom stereocenters. The molecule has 0 bridgehead atoms. The summed E-state index contributed by atoms with van der Waals surface area (Å²) in [6.45, 7) is 6.61. The monoisotopic (exact) mass is 188 g/mol. The molecular weight excluding hydrogens is 168 g/mol. The average molecular weight is 189 g/mol. The van der Waals surface area contributed by atoms with Crippen LogP contribution in [-0.2, 0) is 0 Å². The van der Waals surface area contributed by atoms with Gasteiger partial charge in [0.15, 0.2) is 0 Å². The number of hydrogen-bond donors (Lipinski definition) is 0. The van der Waals surface area contributed by atoms with Gasteiger partial charge in [-0.15, -0.1) is 0 Å². The lowest BCUT2D eigenvalue weighted by atomic mass is 9.97. The van der Waals surface area contributed by atoms with E-state index in [1.54, 1.807) is 0 Å². The molecule has 0 aromatic rings. The first-order valence-corrected chi connectivity index (χ1v) is 5.46. The minimum Gasteiger partial charge on any atom is -0.0895 e. The molecular formula is C11H21Cl. The molecule has 12 heavy (non-hydrogen) atoms. The van der Waals surface area contributed by atoms with E-state index in [9.17, 15) is 0 Å². The maximum atomic E-state index is 6.05. The molecule has 72 valence electrons. The summed E-state index contributed by atoms with van der Waals surface area (Å²) in [5.41, 5.74) is 0. The Labute approximate surface area is 82.0 Å². The summed E-state index contributed by atoms with van der Waals surface area (Å²) in [5, 5.41) is 1.05. The Hall–Kier alpha value is 0.0300. The fourth-order valence-electron chi connectivity index (χ4n) is 1.44. The fourth-order valence-corrected chi connectivity index (χ4v) is 1.81. The van der Waals surface area contributed by atoms with Crippen molar-refractivity contribution in [3.63, 3.8) is 0 Å². The zero-order valence-electron chi connectivity index (χ0n) is 8.57. The molecule has 0 nitrogen and oxygen atoms in total. The lowest BCUT2D eigenvalue weighted by Gasteiger charge is -2.12. The Morgan fingerprint density at radius 2 is 2.00 bits per heavy atom. The van der Waals surface area contributed by atoms with E-state index in [4.69, 9.17) is 11.6 Å². The number of hydrogen-bond acceptors (Lipinski definition) is 0. The molecule has 0 aliphatic heterocycles. The Morgan fingerprint density at radius 1 is 1.33 bits per heavy atom. The Balaban J connectivity index is 3.76. The predicted octanol–water partition coefficient (Wildman–Crippen LogP) is 4.74. The second kappa shape index (κ2) is 7.67. The van der Waals surface area contributed by atoms with Gasteiger partial charge in [0.25, 0.3) is 0 Å². The molecule has 0 saturated carbocycles. The van der Waals surface area contributed by atoms with Crippen LogP contribution in [0.1, 0.15) is 52.9 Å². The van der Waals surface area contributed by atoms with Crippen LogP contribution in [0.25, 0.3) is 0 Å². The Kier molecular flexibility index (Phi) is 7.69. The maximum absolute atomic E-state index is 6.05. The first kappa shape index (κ1) is 12.0. The van der Waals surface area contributed by atoms with Crippen LogP contribution in [0.4, 0.5) is 0 Å². The smallest absolute Gasteiger partial charge is 0.0143 e. The largest absolute Gasteiger partial charge is 0.0895 e. The molecule has 0 N–H and O–H groups in total. The molecule has 0 fully saturated rings. The molecule has 0 rings (SSSR count).